The van der Waals surface area contributed by atoms with Crippen molar-refractivity contribution in [3.05, 3.63) is 47.3 Å². The number of amides is 1. The van der Waals surface area contributed by atoms with Crippen LogP contribution in [-0.4, -0.2) is 16.2 Å². The van der Waals surface area contributed by atoms with Gasteiger partial charge in [0, 0.05) is 17.3 Å². The molecule has 0 saturated heterocycles. The summed E-state index contributed by atoms with van der Waals surface area (Å²) in [5, 5.41) is 15.9. The lowest BCUT2D eigenvalue weighted by atomic mass is 10.1. The van der Waals surface area contributed by atoms with Gasteiger partial charge in [0.15, 0.2) is 5.69 Å². The summed E-state index contributed by atoms with van der Waals surface area (Å²) in [6, 6.07) is 8.63. The number of nitrogens with zero attached hydrogens (tertiary/aromatic N) is 1. The van der Waals surface area contributed by atoms with Crippen LogP contribution in [0.5, 0.6) is 0 Å². The highest BCUT2D eigenvalue weighted by Crippen LogP contribution is 2.22. The highest BCUT2D eigenvalue weighted by atomic mass is 16.5. The van der Waals surface area contributed by atoms with Gasteiger partial charge in [0.1, 0.15) is 5.76 Å². The number of aliphatic hydroxyl groups is 1. The van der Waals surface area contributed by atoms with E-state index >= 15 is 0 Å². The average Bonchev–Trinajstić information content (AvgIpc) is 2.76. The van der Waals surface area contributed by atoms with Gasteiger partial charge in [0.2, 0.25) is 0 Å². The zero-order chi connectivity index (χ0) is 13.1. The SMILES string of the molecule is Cc1cc(C(=O)Nc2ccccc2C(C)O)no1. The van der Waals surface area contributed by atoms with E-state index in [4.69, 9.17) is 4.52 Å². The van der Waals surface area contributed by atoms with Crippen molar-refractivity contribution in [1.82, 2.24) is 5.16 Å². The summed E-state index contributed by atoms with van der Waals surface area (Å²) in [5.74, 6) is 0.212. The molecule has 2 rings (SSSR count). The van der Waals surface area contributed by atoms with Crippen LogP contribution in [0.25, 0.3) is 0 Å². The van der Waals surface area contributed by atoms with Crippen molar-refractivity contribution in [3.63, 3.8) is 0 Å². The Morgan fingerprint density at radius 2 is 2.17 bits per heavy atom. The van der Waals surface area contributed by atoms with Crippen LogP contribution in [0.15, 0.2) is 34.9 Å². The second-order valence-corrected chi connectivity index (χ2v) is 4.04. The fourth-order valence-electron chi connectivity index (χ4n) is 1.63. The number of carbonyl (C=O) groups is 1. The zero-order valence-electron chi connectivity index (χ0n) is 10.2. The quantitative estimate of drug-likeness (QED) is 0.871. The molecule has 2 N–H and O–H groups in total. The van der Waals surface area contributed by atoms with E-state index < -0.39 is 6.10 Å². The van der Waals surface area contributed by atoms with Crippen LogP contribution in [0, 0.1) is 6.92 Å². The van der Waals surface area contributed by atoms with Crippen LogP contribution in [0.2, 0.25) is 0 Å². The first kappa shape index (κ1) is 12.3. The fraction of sp³-hybridized carbons (Fsp3) is 0.231. The van der Waals surface area contributed by atoms with Gasteiger partial charge in [-0.3, -0.25) is 4.79 Å². The first-order chi connectivity index (χ1) is 8.58. The van der Waals surface area contributed by atoms with Crippen LogP contribution < -0.4 is 5.32 Å². The topological polar surface area (TPSA) is 75.4 Å². The minimum absolute atomic E-state index is 0.216. The minimum atomic E-state index is -0.652. The van der Waals surface area contributed by atoms with Gasteiger partial charge in [-0.05, 0) is 19.9 Å². The van der Waals surface area contributed by atoms with Crippen LogP contribution in [0.4, 0.5) is 5.69 Å². The summed E-state index contributed by atoms with van der Waals surface area (Å²) in [5.41, 5.74) is 1.44. The second-order valence-electron chi connectivity index (χ2n) is 4.04. The van der Waals surface area contributed by atoms with Crippen LogP contribution in [0.1, 0.15) is 34.8 Å². The van der Waals surface area contributed by atoms with E-state index in [1.807, 2.05) is 0 Å². The largest absolute Gasteiger partial charge is 0.389 e. The normalized spacial score (nSPS) is 12.2. The Bertz CT molecular complexity index is 561. The third-order valence-electron chi connectivity index (χ3n) is 2.52. The Labute approximate surface area is 104 Å². The summed E-state index contributed by atoms with van der Waals surface area (Å²) >= 11 is 0. The number of aliphatic hydroxyl groups excluding tert-OH is 1. The summed E-state index contributed by atoms with van der Waals surface area (Å²) in [4.78, 5) is 11.9. The number of anilines is 1. The van der Waals surface area contributed by atoms with Crippen molar-refractivity contribution in [2.45, 2.75) is 20.0 Å². The van der Waals surface area contributed by atoms with Gasteiger partial charge in [-0.15, -0.1) is 0 Å². The van der Waals surface area contributed by atoms with Gasteiger partial charge in [0.25, 0.3) is 5.91 Å². The van der Waals surface area contributed by atoms with E-state index in [1.165, 1.54) is 0 Å². The van der Waals surface area contributed by atoms with Gasteiger partial charge in [-0.25, -0.2) is 0 Å². The predicted octanol–water partition coefficient (Wildman–Crippen LogP) is 2.29. The number of benzene rings is 1. The van der Waals surface area contributed by atoms with Crippen LogP contribution in [0.3, 0.4) is 0 Å². The third kappa shape index (κ3) is 2.57. The van der Waals surface area contributed by atoms with Gasteiger partial charge < -0.3 is 14.9 Å². The average molecular weight is 246 g/mol. The maximum absolute atomic E-state index is 11.9. The Balaban J connectivity index is 2.22. The Hall–Kier alpha value is -2.14. The molecule has 2 aromatic rings. The Morgan fingerprint density at radius 3 is 2.78 bits per heavy atom. The molecule has 0 fully saturated rings. The highest BCUT2D eigenvalue weighted by Gasteiger charge is 2.14. The summed E-state index contributed by atoms with van der Waals surface area (Å²) in [7, 11) is 0. The number of para-hydroxylation sites is 1. The lowest BCUT2D eigenvalue weighted by Gasteiger charge is -2.11. The smallest absolute Gasteiger partial charge is 0.277 e. The van der Waals surface area contributed by atoms with Gasteiger partial charge >= 0.3 is 0 Å². The summed E-state index contributed by atoms with van der Waals surface area (Å²) in [6.45, 7) is 3.36. The molecule has 0 radical (unpaired) electrons. The van der Waals surface area contributed by atoms with Crippen molar-refractivity contribution < 1.29 is 14.4 Å². The molecule has 1 unspecified atom stereocenters. The Kier molecular flexibility index (Phi) is 3.43. The van der Waals surface area contributed by atoms with E-state index in [2.05, 4.69) is 10.5 Å². The molecule has 5 nitrogen and oxygen atoms in total. The second kappa shape index (κ2) is 5.01. The molecule has 1 aromatic carbocycles. The monoisotopic (exact) mass is 246 g/mol. The van der Waals surface area contributed by atoms with Gasteiger partial charge in [0.05, 0.1) is 6.10 Å². The summed E-state index contributed by atoms with van der Waals surface area (Å²) in [6.07, 6.45) is -0.652. The first-order valence-electron chi connectivity index (χ1n) is 5.59. The van der Waals surface area contributed by atoms with E-state index in [9.17, 15) is 9.90 Å². The minimum Gasteiger partial charge on any atom is -0.389 e. The molecule has 18 heavy (non-hydrogen) atoms. The van der Waals surface area contributed by atoms with Crippen molar-refractivity contribution >= 4 is 11.6 Å². The van der Waals surface area contributed by atoms with Crippen molar-refractivity contribution in [2.24, 2.45) is 0 Å². The number of rotatable bonds is 3. The predicted molar refractivity (Wildman–Crippen MR) is 66.3 cm³/mol. The third-order valence-corrected chi connectivity index (χ3v) is 2.52. The van der Waals surface area contributed by atoms with Gasteiger partial charge in [-0.1, -0.05) is 23.4 Å². The molecular weight excluding hydrogens is 232 g/mol. The molecule has 0 spiro atoms. The van der Waals surface area contributed by atoms with E-state index in [-0.39, 0.29) is 11.6 Å². The van der Waals surface area contributed by atoms with Crippen LogP contribution >= 0.6 is 0 Å². The molecule has 0 saturated carbocycles. The number of hydrogen-bond acceptors (Lipinski definition) is 4. The fourth-order valence-corrected chi connectivity index (χ4v) is 1.63. The molecular formula is C13H14N2O3. The number of nitrogens with one attached hydrogen (secondary N) is 1. The molecule has 0 aliphatic carbocycles. The molecule has 0 bridgehead atoms. The van der Waals surface area contributed by atoms with E-state index in [1.54, 1.807) is 44.2 Å². The van der Waals surface area contributed by atoms with Gasteiger partial charge in [-0.2, -0.15) is 0 Å². The zero-order valence-corrected chi connectivity index (χ0v) is 10.2. The number of carbonyl (C=O) groups excluding carboxylic acids is 1. The van der Waals surface area contributed by atoms with Crippen molar-refractivity contribution in [3.8, 4) is 0 Å². The highest BCUT2D eigenvalue weighted by molar-refractivity contribution is 6.03. The standard InChI is InChI=1S/C13H14N2O3/c1-8-7-12(15-18-8)13(17)14-11-6-4-3-5-10(11)9(2)16/h3-7,9,16H,1-2H3,(H,14,17). The number of aromatic nitrogens is 1. The number of aryl methyl sites for hydroxylation is 1. The maximum atomic E-state index is 11.9. The van der Waals surface area contributed by atoms with Crippen molar-refractivity contribution in [1.29, 1.82) is 0 Å². The molecule has 1 atom stereocenters. The molecule has 1 amide bonds. The number of hydrogen-bond donors (Lipinski definition) is 2. The van der Waals surface area contributed by atoms with E-state index in [0.717, 1.165) is 0 Å². The molecule has 94 valence electrons. The van der Waals surface area contributed by atoms with Crippen molar-refractivity contribution in [2.75, 3.05) is 5.32 Å². The lowest BCUT2D eigenvalue weighted by molar-refractivity contribution is 0.101. The molecule has 5 heteroatoms. The Morgan fingerprint density at radius 1 is 1.44 bits per heavy atom. The molecule has 1 heterocycles. The van der Waals surface area contributed by atoms with Crippen LogP contribution in [-0.2, 0) is 0 Å². The molecule has 0 aliphatic heterocycles. The summed E-state index contributed by atoms with van der Waals surface area (Å²) < 4.78 is 4.84. The first-order valence-corrected chi connectivity index (χ1v) is 5.59. The van der Waals surface area contributed by atoms with E-state index in [0.29, 0.717) is 17.0 Å². The molecule has 0 aliphatic rings. The lowest BCUT2D eigenvalue weighted by Crippen LogP contribution is -2.14. The maximum Gasteiger partial charge on any atom is 0.277 e. The molecule has 1 aromatic heterocycles.